The van der Waals surface area contributed by atoms with Crippen molar-refractivity contribution >= 4 is 23.5 Å². The molecule has 3 amide bonds. The van der Waals surface area contributed by atoms with E-state index in [1.165, 1.54) is 0 Å². The predicted molar refractivity (Wildman–Crippen MR) is 51.8 cm³/mol. The zero-order valence-corrected chi connectivity index (χ0v) is 8.48. The molecule has 15 heavy (non-hydrogen) atoms. The number of hydrogen-bond donors (Lipinski definition) is 3. The number of nitrogens with one attached hydrogen (secondary N) is 1. The average molecular weight is 239 g/mol. The number of nitroso groups, excluding NO2 is 1. The Morgan fingerprint density at radius 2 is 2.20 bits per heavy atom. The number of imide groups is 1. The molecule has 0 saturated carbocycles. The summed E-state index contributed by atoms with van der Waals surface area (Å²) in [4.78, 5) is 32.2. The Kier molecular flexibility index (Phi) is 6.50. The van der Waals surface area contributed by atoms with Gasteiger partial charge in [0.2, 0.25) is 5.91 Å². The molecule has 8 nitrogen and oxygen atoms in total. The normalized spacial score (nSPS) is 11.7. The van der Waals surface area contributed by atoms with Crippen molar-refractivity contribution in [1.29, 1.82) is 0 Å². The minimum Gasteiger partial charge on any atom is -0.394 e. The van der Waals surface area contributed by atoms with Gasteiger partial charge in [0.25, 0.3) is 0 Å². The molecule has 0 rings (SSSR count). The van der Waals surface area contributed by atoms with E-state index < -0.39 is 24.6 Å². The first kappa shape index (κ1) is 13.8. The van der Waals surface area contributed by atoms with E-state index in [-0.39, 0.29) is 12.4 Å². The number of alkyl halides is 1. The van der Waals surface area contributed by atoms with E-state index in [9.17, 15) is 14.5 Å². The molecule has 0 unspecified atom stereocenters. The first-order valence-corrected chi connectivity index (χ1v) is 4.48. The molecule has 0 spiro atoms. The van der Waals surface area contributed by atoms with Crippen molar-refractivity contribution in [3.63, 3.8) is 0 Å². The van der Waals surface area contributed by atoms with Crippen molar-refractivity contribution in [2.24, 2.45) is 11.0 Å². The van der Waals surface area contributed by atoms with Crippen LogP contribution in [0.1, 0.15) is 0 Å². The summed E-state index contributed by atoms with van der Waals surface area (Å²) in [6, 6.07) is -2.25. The van der Waals surface area contributed by atoms with Crippen molar-refractivity contribution in [2.45, 2.75) is 6.04 Å². The van der Waals surface area contributed by atoms with E-state index in [1.807, 2.05) is 0 Å². The number of carbonyl (C=O) groups is 2. The van der Waals surface area contributed by atoms with Crippen LogP contribution >= 0.6 is 11.6 Å². The van der Waals surface area contributed by atoms with E-state index >= 15 is 0 Å². The number of urea groups is 1. The van der Waals surface area contributed by atoms with Gasteiger partial charge in [0, 0.05) is 5.88 Å². The van der Waals surface area contributed by atoms with E-state index in [2.05, 4.69) is 5.29 Å². The van der Waals surface area contributed by atoms with E-state index in [0.717, 1.165) is 0 Å². The molecule has 4 N–H and O–H groups in total. The monoisotopic (exact) mass is 238 g/mol. The Hall–Kier alpha value is -1.25. The predicted octanol–water partition coefficient (Wildman–Crippen LogP) is -1.24. The number of hydrogen-bond acceptors (Lipinski definition) is 6. The van der Waals surface area contributed by atoms with Crippen molar-refractivity contribution < 1.29 is 14.7 Å². The van der Waals surface area contributed by atoms with Gasteiger partial charge in [0.1, 0.15) is 6.04 Å². The van der Waals surface area contributed by atoms with Crippen LogP contribution in [0.3, 0.4) is 0 Å². The summed E-state index contributed by atoms with van der Waals surface area (Å²) in [5.41, 5.74) is 5.11. The lowest BCUT2D eigenvalue weighted by atomic mass is 10.3. The van der Waals surface area contributed by atoms with Crippen molar-refractivity contribution in [2.75, 3.05) is 19.0 Å². The fourth-order valence-corrected chi connectivity index (χ4v) is 0.765. The number of carbonyl (C=O) groups excluding carboxylic acids is 2. The number of amides is 3. The van der Waals surface area contributed by atoms with E-state index in [1.54, 1.807) is 5.32 Å². The molecule has 0 radical (unpaired) electrons. The van der Waals surface area contributed by atoms with Gasteiger partial charge >= 0.3 is 6.03 Å². The topological polar surface area (TPSA) is 125 Å². The molecule has 1 atom stereocenters. The average Bonchev–Trinajstić information content (AvgIpc) is 2.24. The minimum atomic E-state index is -1.22. The molecule has 0 aliphatic carbocycles. The highest BCUT2D eigenvalue weighted by Gasteiger charge is 2.20. The number of aliphatic hydroxyl groups is 1. The summed E-state index contributed by atoms with van der Waals surface area (Å²) < 4.78 is 0. The van der Waals surface area contributed by atoms with Crippen LogP contribution in [-0.2, 0) is 4.79 Å². The molecule has 0 aliphatic rings. The van der Waals surface area contributed by atoms with Gasteiger partial charge < -0.3 is 10.8 Å². The number of rotatable bonds is 5. The Balaban J connectivity index is 4.21. The van der Waals surface area contributed by atoms with Crippen LogP contribution in [0.5, 0.6) is 0 Å². The summed E-state index contributed by atoms with van der Waals surface area (Å²) >= 11 is 5.28. The van der Waals surface area contributed by atoms with Crippen LogP contribution in [-0.4, -0.2) is 47.1 Å². The molecule has 0 bridgehead atoms. The summed E-state index contributed by atoms with van der Waals surface area (Å²) in [6.45, 7) is -0.734. The number of aliphatic hydroxyl groups excluding tert-OH is 1. The first-order chi connectivity index (χ1) is 7.06. The summed E-state index contributed by atoms with van der Waals surface area (Å²) in [6.07, 6.45) is 0. The summed E-state index contributed by atoms with van der Waals surface area (Å²) in [7, 11) is 0. The number of nitrogens with zero attached hydrogens (tertiary/aromatic N) is 2. The second-order valence-corrected chi connectivity index (χ2v) is 2.86. The molecule has 0 aromatic heterocycles. The molecule has 0 aromatic carbocycles. The lowest BCUT2D eigenvalue weighted by Gasteiger charge is -2.13. The fraction of sp³-hybridized carbons (Fsp3) is 0.667. The largest absolute Gasteiger partial charge is 0.394 e. The Morgan fingerprint density at radius 1 is 1.60 bits per heavy atom. The van der Waals surface area contributed by atoms with E-state index in [4.69, 9.17) is 22.4 Å². The molecule has 9 heteroatoms. The third kappa shape index (κ3) is 4.68. The van der Waals surface area contributed by atoms with Gasteiger partial charge in [-0.3, -0.25) is 10.1 Å². The Labute approximate surface area is 90.3 Å². The minimum absolute atomic E-state index is 0.000591. The van der Waals surface area contributed by atoms with Crippen LogP contribution in [0.25, 0.3) is 0 Å². The second-order valence-electron chi connectivity index (χ2n) is 2.48. The maximum atomic E-state index is 11.1. The number of nitrogens with two attached hydrogens (primary N) is 1. The summed E-state index contributed by atoms with van der Waals surface area (Å²) in [5.74, 6) is -0.898. The molecular formula is C6H11ClN4O4. The lowest BCUT2D eigenvalue weighted by Crippen LogP contribution is -2.49. The van der Waals surface area contributed by atoms with Crippen molar-refractivity contribution in [3.8, 4) is 0 Å². The smallest absolute Gasteiger partial charge is 0.347 e. The zero-order chi connectivity index (χ0) is 11.8. The van der Waals surface area contributed by atoms with Gasteiger partial charge in [-0.25, -0.2) is 4.79 Å². The molecular weight excluding hydrogens is 228 g/mol. The van der Waals surface area contributed by atoms with Crippen molar-refractivity contribution in [1.82, 2.24) is 10.3 Å². The molecule has 0 aliphatic heterocycles. The lowest BCUT2D eigenvalue weighted by molar-refractivity contribution is -0.122. The zero-order valence-electron chi connectivity index (χ0n) is 7.72. The van der Waals surface area contributed by atoms with Gasteiger partial charge in [-0.05, 0) is 0 Å². The highest BCUT2D eigenvalue weighted by Crippen LogP contribution is 1.92. The van der Waals surface area contributed by atoms with Gasteiger partial charge in [-0.1, -0.05) is 0 Å². The molecule has 86 valence electrons. The van der Waals surface area contributed by atoms with Crippen LogP contribution in [0.4, 0.5) is 4.79 Å². The third-order valence-electron chi connectivity index (χ3n) is 1.39. The van der Waals surface area contributed by atoms with Gasteiger partial charge in [-0.15, -0.1) is 16.5 Å². The molecule has 0 saturated heterocycles. The molecule has 0 aromatic rings. The Bertz CT molecular complexity index is 249. The first-order valence-electron chi connectivity index (χ1n) is 3.94. The second kappa shape index (κ2) is 7.10. The van der Waals surface area contributed by atoms with Crippen LogP contribution in [0.2, 0.25) is 0 Å². The Morgan fingerprint density at radius 3 is 2.60 bits per heavy atom. The maximum Gasteiger partial charge on any atom is 0.347 e. The van der Waals surface area contributed by atoms with Crippen LogP contribution < -0.4 is 11.1 Å². The van der Waals surface area contributed by atoms with Crippen LogP contribution in [0.15, 0.2) is 5.29 Å². The highest BCUT2D eigenvalue weighted by atomic mass is 35.5. The highest BCUT2D eigenvalue weighted by molar-refractivity contribution is 6.18. The maximum absolute atomic E-state index is 11.1. The van der Waals surface area contributed by atoms with Crippen LogP contribution in [0, 0.1) is 4.91 Å². The quantitative estimate of drug-likeness (QED) is 0.314. The summed E-state index contributed by atoms with van der Waals surface area (Å²) in [5, 5.41) is 13.1. The van der Waals surface area contributed by atoms with E-state index in [0.29, 0.717) is 5.01 Å². The molecule has 0 fully saturated rings. The van der Waals surface area contributed by atoms with Gasteiger partial charge in [-0.2, -0.15) is 5.01 Å². The standard InChI is InChI=1S/C6H11ClN4O4/c7-1-2-11(10-15)6(14)9-5(13)4(8)3-12/h4,12H,1-3,8H2,(H,9,13,14)/t4-/m0/s1. The fourth-order valence-electron chi connectivity index (χ4n) is 0.605. The number of halogens is 1. The van der Waals surface area contributed by atoms with Gasteiger partial charge in [0.15, 0.2) is 0 Å². The van der Waals surface area contributed by atoms with Gasteiger partial charge in [0.05, 0.1) is 18.4 Å². The third-order valence-corrected chi connectivity index (χ3v) is 1.56. The van der Waals surface area contributed by atoms with Crippen molar-refractivity contribution in [3.05, 3.63) is 4.91 Å². The SMILES string of the molecule is N[C@@H](CO)C(=O)NC(=O)N(CCCl)N=O. The molecule has 0 heterocycles.